The molecule has 0 saturated carbocycles. The van der Waals surface area contributed by atoms with Gasteiger partial charge in [0.1, 0.15) is 0 Å². The fraction of sp³-hybridized carbons (Fsp3) is 0.0526. The van der Waals surface area contributed by atoms with Crippen LogP contribution in [-0.2, 0) is 4.79 Å². The summed E-state index contributed by atoms with van der Waals surface area (Å²) in [7, 11) is 1.60. The fourth-order valence-corrected chi connectivity index (χ4v) is 2.36. The predicted molar refractivity (Wildman–Crippen MR) is 92.6 cm³/mol. The van der Waals surface area contributed by atoms with Crippen molar-refractivity contribution in [1.82, 2.24) is 4.98 Å². The Hall–Kier alpha value is -3.14. The molecule has 0 radical (unpaired) electrons. The van der Waals surface area contributed by atoms with E-state index in [1.54, 1.807) is 7.11 Å². The molecule has 0 fully saturated rings. The quantitative estimate of drug-likeness (QED) is 0.740. The summed E-state index contributed by atoms with van der Waals surface area (Å²) in [5.74, 6) is 0.355. The second-order valence-electron chi connectivity index (χ2n) is 5.04. The first kappa shape index (κ1) is 14.8. The summed E-state index contributed by atoms with van der Waals surface area (Å²) in [6, 6.07) is 17.5. The zero-order valence-corrected chi connectivity index (χ0v) is 12.7. The van der Waals surface area contributed by atoms with Gasteiger partial charge in [0, 0.05) is 17.1 Å². The number of fused-ring (bicyclic) bond motifs is 1. The molecule has 3 rings (SSSR count). The Bertz CT molecular complexity index is 887. The standard InChI is InChI=1S/C19H16N2O2/c1-3-18(22)20-16-6-4-5-14(11-16)15-8-7-13-9-10-19(23-2)21-17(13)12-15/h3-12H,1H2,2H3,(H,20,22). The van der Waals surface area contributed by atoms with Gasteiger partial charge in [-0.3, -0.25) is 4.79 Å². The first-order valence-corrected chi connectivity index (χ1v) is 7.18. The lowest BCUT2D eigenvalue weighted by Gasteiger charge is -2.08. The summed E-state index contributed by atoms with van der Waals surface area (Å²) in [5.41, 5.74) is 3.61. The van der Waals surface area contributed by atoms with Gasteiger partial charge in [0.25, 0.3) is 0 Å². The number of carbonyl (C=O) groups excluding carboxylic acids is 1. The Morgan fingerprint density at radius 1 is 1.13 bits per heavy atom. The van der Waals surface area contributed by atoms with Crippen LogP contribution in [0.5, 0.6) is 5.88 Å². The number of hydrogen-bond acceptors (Lipinski definition) is 3. The smallest absolute Gasteiger partial charge is 0.247 e. The maximum absolute atomic E-state index is 11.4. The number of hydrogen-bond donors (Lipinski definition) is 1. The lowest BCUT2D eigenvalue weighted by molar-refractivity contribution is -0.111. The minimum Gasteiger partial charge on any atom is -0.481 e. The number of nitrogens with zero attached hydrogens (tertiary/aromatic N) is 1. The predicted octanol–water partition coefficient (Wildman–Crippen LogP) is 4.03. The first-order valence-electron chi connectivity index (χ1n) is 7.18. The zero-order chi connectivity index (χ0) is 16.2. The number of methoxy groups -OCH3 is 1. The van der Waals surface area contributed by atoms with E-state index in [4.69, 9.17) is 4.74 Å². The SMILES string of the molecule is C=CC(=O)Nc1cccc(-c2ccc3ccc(OC)nc3c2)c1. The molecule has 114 valence electrons. The molecular weight excluding hydrogens is 288 g/mol. The first-order chi connectivity index (χ1) is 11.2. The Labute approximate surface area is 134 Å². The van der Waals surface area contributed by atoms with Crippen molar-refractivity contribution in [3.05, 3.63) is 67.3 Å². The number of ether oxygens (including phenoxy) is 1. The van der Waals surface area contributed by atoms with E-state index >= 15 is 0 Å². The third kappa shape index (κ3) is 3.21. The van der Waals surface area contributed by atoms with Gasteiger partial charge in [-0.15, -0.1) is 0 Å². The summed E-state index contributed by atoms with van der Waals surface area (Å²) in [4.78, 5) is 15.9. The molecule has 2 aromatic carbocycles. The van der Waals surface area contributed by atoms with Crippen molar-refractivity contribution >= 4 is 22.5 Å². The van der Waals surface area contributed by atoms with Crippen molar-refractivity contribution < 1.29 is 9.53 Å². The third-order valence-corrected chi connectivity index (χ3v) is 3.52. The highest BCUT2D eigenvalue weighted by Gasteiger charge is 2.04. The van der Waals surface area contributed by atoms with Crippen molar-refractivity contribution in [2.45, 2.75) is 0 Å². The van der Waals surface area contributed by atoms with Crippen LogP contribution in [0.2, 0.25) is 0 Å². The third-order valence-electron chi connectivity index (χ3n) is 3.52. The maximum Gasteiger partial charge on any atom is 0.247 e. The highest BCUT2D eigenvalue weighted by Crippen LogP contribution is 2.26. The van der Waals surface area contributed by atoms with E-state index in [9.17, 15) is 4.79 Å². The molecule has 0 aliphatic heterocycles. The van der Waals surface area contributed by atoms with Crippen molar-refractivity contribution in [3.63, 3.8) is 0 Å². The van der Waals surface area contributed by atoms with Crippen LogP contribution in [0.1, 0.15) is 0 Å². The largest absolute Gasteiger partial charge is 0.481 e. The molecule has 1 aromatic heterocycles. The van der Waals surface area contributed by atoms with E-state index in [0.717, 1.165) is 27.7 Å². The van der Waals surface area contributed by atoms with Crippen LogP contribution in [0.25, 0.3) is 22.0 Å². The molecule has 0 bridgehead atoms. The lowest BCUT2D eigenvalue weighted by atomic mass is 10.0. The summed E-state index contributed by atoms with van der Waals surface area (Å²) >= 11 is 0. The molecule has 4 nitrogen and oxygen atoms in total. The highest BCUT2D eigenvalue weighted by atomic mass is 16.5. The van der Waals surface area contributed by atoms with Crippen LogP contribution >= 0.6 is 0 Å². The van der Waals surface area contributed by atoms with Crippen molar-refractivity contribution in [2.75, 3.05) is 12.4 Å². The van der Waals surface area contributed by atoms with E-state index in [2.05, 4.69) is 16.9 Å². The van der Waals surface area contributed by atoms with Crippen LogP contribution in [-0.4, -0.2) is 18.0 Å². The number of carbonyl (C=O) groups is 1. The van der Waals surface area contributed by atoms with Crippen LogP contribution in [0.4, 0.5) is 5.69 Å². The van der Waals surface area contributed by atoms with Gasteiger partial charge < -0.3 is 10.1 Å². The van der Waals surface area contributed by atoms with Crippen LogP contribution in [0.3, 0.4) is 0 Å². The van der Waals surface area contributed by atoms with Crippen molar-refractivity contribution in [2.24, 2.45) is 0 Å². The molecule has 1 N–H and O–H groups in total. The fourth-order valence-electron chi connectivity index (χ4n) is 2.36. The van der Waals surface area contributed by atoms with Gasteiger partial charge in [-0.05, 0) is 41.5 Å². The minimum atomic E-state index is -0.230. The number of anilines is 1. The normalized spacial score (nSPS) is 10.3. The summed E-state index contributed by atoms with van der Waals surface area (Å²) in [5, 5.41) is 3.81. The van der Waals surface area contributed by atoms with E-state index in [-0.39, 0.29) is 5.91 Å². The summed E-state index contributed by atoms with van der Waals surface area (Å²) < 4.78 is 5.18. The number of benzene rings is 2. The van der Waals surface area contributed by atoms with Crippen molar-refractivity contribution in [1.29, 1.82) is 0 Å². The zero-order valence-electron chi connectivity index (χ0n) is 12.7. The van der Waals surface area contributed by atoms with Gasteiger partial charge in [-0.25, -0.2) is 4.98 Å². The molecule has 0 aliphatic carbocycles. The molecule has 1 amide bonds. The van der Waals surface area contributed by atoms with E-state index in [0.29, 0.717) is 5.88 Å². The Kier molecular flexibility index (Phi) is 4.06. The van der Waals surface area contributed by atoms with Gasteiger partial charge in [0.2, 0.25) is 11.8 Å². The summed E-state index contributed by atoms with van der Waals surface area (Å²) in [6.07, 6.45) is 1.25. The highest BCUT2D eigenvalue weighted by molar-refractivity contribution is 5.99. The summed E-state index contributed by atoms with van der Waals surface area (Å²) in [6.45, 7) is 3.46. The molecular formula is C19H16N2O2. The average molecular weight is 304 g/mol. The monoisotopic (exact) mass is 304 g/mol. The second kappa shape index (κ2) is 6.32. The Morgan fingerprint density at radius 2 is 1.91 bits per heavy atom. The van der Waals surface area contributed by atoms with Gasteiger partial charge in [-0.2, -0.15) is 0 Å². The maximum atomic E-state index is 11.4. The van der Waals surface area contributed by atoms with E-state index in [1.165, 1.54) is 6.08 Å². The lowest BCUT2D eigenvalue weighted by Crippen LogP contribution is -2.06. The van der Waals surface area contributed by atoms with Crippen LogP contribution in [0.15, 0.2) is 67.3 Å². The number of pyridine rings is 1. The van der Waals surface area contributed by atoms with Gasteiger partial charge in [-0.1, -0.05) is 30.8 Å². The molecule has 4 heteroatoms. The topological polar surface area (TPSA) is 51.2 Å². The second-order valence-corrected chi connectivity index (χ2v) is 5.04. The number of aromatic nitrogens is 1. The Balaban J connectivity index is 2.00. The molecule has 0 unspecified atom stereocenters. The average Bonchev–Trinajstić information content (AvgIpc) is 2.60. The van der Waals surface area contributed by atoms with Crippen molar-refractivity contribution in [3.8, 4) is 17.0 Å². The number of nitrogens with one attached hydrogen (secondary N) is 1. The van der Waals surface area contributed by atoms with Crippen LogP contribution in [0, 0.1) is 0 Å². The molecule has 0 aliphatic rings. The number of rotatable bonds is 4. The molecule has 3 aromatic rings. The molecule has 0 saturated heterocycles. The van der Waals surface area contributed by atoms with Gasteiger partial charge in [0.05, 0.1) is 12.6 Å². The molecule has 0 spiro atoms. The Morgan fingerprint density at radius 3 is 2.70 bits per heavy atom. The van der Waals surface area contributed by atoms with Crippen LogP contribution < -0.4 is 10.1 Å². The van der Waals surface area contributed by atoms with Gasteiger partial charge in [0.15, 0.2) is 0 Å². The minimum absolute atomic E-state index is 0.230. The van der Waals surface area contributed by atoms with Gasteiger partial charge >= 0.3 is 0 Å². The molecule has 1 heterocycles. The number of amides is 1. The van der Waals surface area contributed by atoms with E-state index in [1.807, 2.05) is 54.6 Å². The van der Waals surface area contributed by atoms with E-state index < -0.39 is 0 Å². The molecule has 23 heavy (non-hydrogen) atoms. The molecule has 0 atom stereocenters.